The van der Waals surface area contributed by atoms with E-state index in [0.29, 0.717) is 5.69 Å². The Kier molecular flexibility index (Phi) is 4.27. The predicted octanol–water partition coefficient (Wildman–Crippen LogP) is 3.94. The quantitative estimate of drug-likeness (QED) is 0.857. The van der Waals surface area contributed by atoms with Gasteiger partial charge in [0, 0.05) is 4.83 Å². The summed E-state index contributed by atoms with van der Waals surface area (Å²) in [7, 11) is -3.54. The van der Waals surface area contributed by atoms with Crippen molar-refractivity contribution in [1.29, 1.82) is 0 Å². The number of nitrogens with one attached hydrogen (secondary N) is 1. The highest BCUT2D eigenvalue weighted by Gasteiger charge is 2.16. The molecule has 0 saturated carbocycles. The zero-order valence-corrected chi connectivity index (χ0v) is 12.8. The van der Waals surface area contributed by atoms with Crippen molar-refractivity contribution < 1.29 is 8.42 Å². The van der Waals surface area contributed by atoms with E-state index in [1.165, 1.54) is 0 Å². The molecule has 100 valence electrons. The van der Waals surface area contributed by atoms with Crippen molar-refractivity contribution in [3.8, 4) is 0 Å². The summed E-state index contributed by atoms with van der Waals surface area (Å²) in [4.78, 5) is 0.328. The minimum Gasteiger partial charge on any atom is -0.279 e. The van der Waals surface area contributed by atoms with Crippen LogP contribution in [0.3, 0.4) is 0 Å². The summed E-state index contributed by atoms with van der Waals surface area (Å²) in [6.45, 7) is 1.95. The van der Waals surface area contributed by atoms with E-state index in [0.717, 1.165) is 5.56 Å². The van der Waals surface area contributed by atoms with Gasteiger partial charge in [-0.15, -0.1) is 0 Å². The topological polar surface area (TPSA) is 46.2 Å². The van der Waals surface area contributed by atoms with Crippen LogP contribution in [0.4, 0.5) is 5.69 Å². The van der Waals surface area contributed by atoms with Crippen LogP contribution >= 0.6 is 15.9 Å². The van der Waals surface area contributed by atoms with Crippen molar-refractivity contribution in [2.75, 3.05) is 4.72 Å². The van der Waals surface area contributed by atoms with Crippen molar-refractivity contribution in [2.24, 2.45) is 0 Å². The fourth-order valence-corrected chi connectivity index (χ4v) is 3.25. The van der Waals surface area contributed by atoms with Gasteiger partial charge < -0.3 is 0 Å². The van der Waals surface area contributed by atoms with E-state index in [2.05, 4.69) is 20.7 Å². The Morgan fingerprint density at radius 2 is 1.58 bits per heavy atom. The SMILES string of the molecule is CC(Br)c1ccccc1NS(=O)(=O)c1ccccc1. The summed E-state index contributed by atoms with van der Waals surface area (Å²) in [6, 6.07) is 15.7. The van der Waals surface area contributed by atoms with Gasteiger partial charge in [-0.1, -0.05) is 52.3 Å². The standard InChI is InChI=1S/C14H14BrNO2S/c1-11(15)13-9-5-6-10-14(13)16-19(17,18)12-7-3-2-4-8-12/h2-11,16H,1H3. The molecule has 2 aromatic carbocycles. The third kappa shape index (κ3) is 3.36. The summed E-state index contributed by atoms with van der Waals surface area (Å²) in [5.41, 5.74) is 1.50. The molecule has 0 heterocycles. The minimum absolute atomic E-state index is 0.0715. The molecule has 0 aliphatic carbocycles. The van der Waals surface area contributed by atoms with Crippen LogP contribution in [0.2, 0.25) is 0 Å². The zero-order valence-electron chi connectivity index (χ0n) is 10.4. The fraction of sp³-hybridized carbons (Fsp3) is 0.143. The van der Waals surface area contributed by atoms with Crippen LogP contribution in [0.1, 0.15) is 17.3 Å². The number of alkyl halides is 1. The molecule has 0 saturated heterocycles. The van der Waals surface area contributed by atoms with Gasteiger partial charge in [-0.05, 0) is 30.7 Å². The van der Waals surface area contributed by atoms with Gasteiger partial charge in [-0.3, -0.25) is 4.72 Å². The summed E-state index contributed by atoms with van der Waals surface area (Å²) in [5.74, 6) is 0. The van der Waals surface area contributed by atoms with E-state index in [1.807, 2.05) is 25.1 Å². The van der Waals surface area contributed by atoms with E-state index in [4.69, 9.17) is 0 Å². The van der Waals surface area contributed by atoms with E-state index in [-0.39, 0.29) is 9.72 Å². The molecule has 0 spiro atoms. The maximum atomic E-state index is 12.2. The van der Waals surface area contributed by atoms with Crippen LogP contribution < -0.4 is 4.72 Å². The molecule has 2 rings (SSSR count). The molecule has 2 aromatic rings. The van der Waals surface area contributed by atoms with Crippen LogP contribution in [0.25, 0.3) is 0 Å². The number of rotatable bonds is 4. The van der Waals surface area contributed by atoms with Crippen LogP contribution in [0, 0.1) is 0 Å². The van der Waals surface area contributed by atoms with Crippen molar-refractivity contribution in [2.45, 2.75) is 16.6 Å². The van der Waals surface area contributed by atoms with E-state index >= 15 is 0 Å². The summed E-state index contributed by atoms with van der Waals surface area (Å²) in [6.07, 6.45) is 0. The highest BCUT2D eigenvalue weighted by atomic mass is 79.9. The molecule has 0 fully saturated rings. The lowest BCUT2D eigenvalue weighted by molar-refractivity contribution is 0.601. The van der Waals surface area contributed by atoms with Gasteiger partial charge in [0.05, 0.1) is 10.6 Å². The van der Waals surface area contributed by atoms with Gasteiger partial charge in [-0.25, -0.2) is 8.42 Å². The van der Waals surface area contributed by atoms with Gasteiger partial charge in [0.25, 0.3) is 10.0 Å². The monoisotopic (exact) mass is 339 g/mol. The number of benzene rings is 2. The highest BCUT2D eigenvalue weighted by molar-refractivity contribution is 9.09. The van der Waals surface area contributed by atoms with Crippen molar-refractivity contribution in [3.63, 3.8) is 0 Å². The van der Waals surface area contributed by atoms with Crippen molar-refractivity contribution in [3.05, 3.63) is 60.2 Å². The predicted molar refractivity (Wildman–Crippen MR) is 81.0 cm³/mol. The lowest BCUT2D eigenvalue weighted by Crippen LogP contribution is -2.14. The second kappa shape index (κ2) is 5.75. The molecular weight excluding hydrogens is 326 g/mol. The lowest BCUT2D eigenvalue weighted by Gasteiger charge is -2.13. The first-order chi connectivity index (χ1) is 9.00. The van der Waals surface area contributed by atoms with E-state index in [9.17, 15) is 8.42 Å². The van der Waals surface area contributed by atoms with Crippen LogP contribution in [0.15, 0.2) is 59.5 Å². The lowest BCUT2D eigenvalue weighted by atomic mass is 10.1. The Labute approximate surface area is 121 Å². The number of hydrogen-bond acceptors (Lipinski definition) is 2. The minimum atomic E-state index is -3.54. The number of halogens is 1. The van der Waals surface area contributed by atoms with Gasteiger partial charge in [0.15, 0.2) is 0 Å². The number of sulfonamides is 1. The molecule has 19 heavy (non-hydrogen) atoms. The molecule has 0 bridgehead atoms. The largest absolute Gasteiger partial charge is 0.279 e. The smallest absolute Gasteiger partial charge is 0.261 e. The van der Waals surface area contributed by atoms with Crippen LogP contribution in [-0.2, 0) is 10.0 Å². The third-order valence-corrected chi connectivity index (χ3v) is 4.56. The van der Waals surface area contributed by atoms with Crippen LogP contribution in [-0.4, -0.2) is 8.42 Å². The molecule has 5 heteroatoms. The van der Waals surface area contributed by atoms with Gasteiger partial charge >= 0.3 is 0 Å². The molecule has 1 N–H and O–H groups in total. The van der Waals surface area contributed by atoms with Crippen molar-refractivity contribution >= 4 is 31.6 Å². The molecule has 3 nitrogen and oxygen atoms in total. The van der Waals surface area contributed by atoms with Crippen LogP contribution in [0.5, 0.6) is 0 Å². The fourth-order valence-electron chi connectivity index (χ4n) is 1.74. The Bertz CT molecular complexity index is 654. The second-order valence-corrected chi connectivity index (χ2v) is 7.18. The highest BCUT2D eigenvalue weighted by Crippen LogP contribution is 2.30. The molecule has 0 aliphatic heterocycles. The van der Waals surface area contributed by atoms with E-state index < -0.39 is 10.0 Å². The Hall–Kier alpha value is -1.33. The first-order valence-corrected chi connectivity index (χ1v) is 8.21. The molecule has 1 atom stereocenters. The van der Waals surface area contributed by atoms with Crippen molar-refractivity contribution in [1.82, 2.24) is 0 Å². The molecular formula is C14H14BrNO2S. The maximum absolute atomic E-state index is 12.2. The summed E-state index contributed by atoms with van der Waals surface area (Å²) < 4.78 is 27.1. The number of hydrogen-bond donors (Lipinski definition) is 1. The van der Waals surface area contributed by atoms with Gasteiger partial charge in [0.1, 0.15) is 0 Å². The molecule has 0 radical (unpaired) electrons. The molecule has 0 aliphatic rings. The first kappa shape index (κ1) is 14.1. The average molecular weight is 340 g/mol. The first-order valence-electron chi connectivity index (χ1n) is 5.81. The average Bonchev–Trinajstić information content (AvgIpc) is 2.39. The molecule has 1 unspecified atom stereocenters. The summed E-state index contributed by atoms with van der Waals surface area (Å²) >= 11 is 3.46. The Morgan fingerprint density at radius 3 is 2.21 bits per heavy atom. The normalized spacial score (nSPS) is 12.9. The Morgan fingerprint density at radius 1 is 1.00 bits per heavy atom. The number of para-hydroxylation sites is 1. The van der Waals surface area contributed by atoms with E-state index in [1.54, 1.807) is 36.4 Å². The Balaban J connectivity index is 2.37. The molecule has 0 aromatic heterocycles. The molecule has 0 amide bonds. The van der Waals surface area contributed by atoms with Gasteiger partial charge in [-0.2, -0.15) is 0 Å². The summed E-state index contributed by atoms with van der Waals surface area (Å²) in [5, 5.41) is 0. The zero-order chi connectivity index (χ0) is 13.9. The second-order valence-electron chi connectivity index (χ2n) is 4.12. The third-order valence-electron chi connectivity index (χ3n) is 2.69. The number of anilines is 1. The van der Waals surface area contributed by atoms with Gasteiger partial charge in [0.2, 0.25) is 0 Å². The maximum Gasteiger partial charge on any atom is 0.261 e.